The number of anilines is 3. The van der Waals surface area contributed by atoms with E-state index in [4.69, 9.17) is 5.26 Å². The zero-order valence-corrected chi connectivity index (χ0v) is 15.7. The van der Waals surface area contributed by atoms with Gasteiger partial charge >= 0.3 is 0 Å². The maximum Gasteiger partial charge on any atom is 0.254 e. The highest BCUT2D eigenvalue weighted by atomic mass is 16.2. The second kappa shape index (κ2) is 8.35. The zero-order valence-electron chi connectivity index (χ0n) is 15.7. The fraction of sp³-hybridized carbons (Fsp3) is 0.190. The third-order valence-corrected chi connectivity index (χ3v) is 4.67. The van der Waals surface area contributed by atoms with Crippen molar-refractivity contribution in [1.82, 2.24) is 19.9 Å². The summed E-state index contributed by atoms with van der Waals surface area (Å²) in [6.07, 6.45) is 5.05. The Morgan fingerprint density at radius 1 is 0.966 bits per heavy atom. The van der Waals surface area contributed by atoms with Crippen molar-refractivity contribution in [2.75, 3.05) is 36.4 Å². The molecule has 8 heteroatoms. The van der Waals surface area contributed by atoms with Gasteiger partial charge in [0.1, 0.15) is 5.82 Å². The van der Waals surface area contributed by atoms with E-state index in [1.54, 1.807) is 55.0 Å². The van der Waals surface area contributed by atoms with Crippen molar-refractivity contribution >= 4 is 23.4 Å². The number of piperazine rings is 1. The molecule has 2 aromatic heterocycles. The monoisotopic (exact) mass is 385 g/mol. The van der Waals surface area contributed by atoms with Crippen LogP contribution in [0.3, 0.4) is 0 Å². The van der Waals surface area contributed by atoms with Crippen LogP contribution in [0.4, 0.5) is 17.5 Å². The number of amides is 1. The lowest BCUT2D eigenvalue weighted by molar-refractivity contribution is 0.0746. The average Bonchev–Trinajstić information content (AvgIpc) is 2.79. The molecule has 1 fully saturated rings. The van der Waals surface area contributed by atoms with E-state index in [0.717, 1.165) is 5.69 Å². The number of pyridine rings is 1. The van der Waals surface area contributed by atoms with Gasteiger partial charge < -0.3 is 15.1 Å². The van der Waals surface area contributed by atoms with E-state index in [1.165, 1.54) is 0 Å². The van der Waals surface area contributed by atoms with Crippen LogP contribution in [-0.2, 0) is 0 Å². The van der Waals surface area contributed by atoms with Gasteiger partial charge in [0.05, 0.1) is 11.6 Å². The van der Waals surface area contributed by atoms with Crippen molar-refractivity contribution in [3.63, 3.8) is 0 Å². The zero-order chi connectivity index (χ0) is 20.1. The van der Waals surface area contributed by atoms with Gasteiger partial charge in [-0.2, -0.15) is 5.26 Å². The number of carbonyl (C=O) groups excluding carboxylic acids is 1. The summed E-state index contributed by atoms with van der Waals surface area (Å²) in [5.74, 6) is 1.21. The second-order valence-electron chi connectivity index (χ2n) is 6.58. The lowest BCUT2D eigenvalue weighted by Gasteiger charge is -2.34. The van der Waals surface area contributed by atoms with E-state index in [2.05, 4.69) is 31.2 Å². The van der Waals surface area contributed by atoms with Crippen LogP contribution in [0.15, 0.2) is 61.1 Å². The number of nitrogens with zero attached hydrogens (tertiary/aromatic N) is 6. The first-order valence-corrected chi connectivity index (χ1v) is 9.27. The molecule has 3 heterocycles. The van der Waals surface area contributed by atoms with E-state index in [0.29, 0.717) is 49.1 Å². The lowest BCUT2D eigenvalue weighted by Crippen LogP contribution is -2.49. The molecule has 1 aliphatic rings. The highest BCUT2D eigenvalue weighted by molar-refractivity contribution is 5.95. The molecule has 8 nitrogen and oxygen atoms in total. The van der Waals surface area contributed by atoms with Gasteiger partial charge in [-0.3, -0.25) is 4.79 Å². The predicted octanol–water partition coefficient (Wildman–Crippen LogP) is 2.45. The minimum Gasteiger partial charge on any atom is -0.340 e. The van der Waals surface area contributed by atoms with Crippen molar-refractivity contribution in [3.8, 4) is 6.07 Å². The Kier molecular flexibility index (Phi) is 5.29. The van der Waals surface area contributed by atoms with Crippen LogP contribution in [0.2, 0.25) is 0 Å². The summed E-state index contributed by atoms with van der Waals surface area (Å²) in [5.41, 5.74) is 1.88. The fourth-order valence-electron chi connectivity index (χ4n) is 3.19. The van der Waals surface area contributed by atoms with Crippen molar-refractivity contribution < 1.29 is 4.79 Å². The van der Waals surface area contributed by atoms with Gasteiger partial charge in [-0.05, 0) is 36.4 Å². The first kappa shape index (κ1) is 18.4. The summed E-state index contributed by atoms with van der Waals surface area (Å²) in [7, 11) is 0. The van der Waals surface area contributed by atoms with E-state index in [-0.39, 0.29) is 5.91 Å². The van der Waals surface area contributed by atoms with Crippen LogP contribution in [0.5, 0.6) is 0 Å². The van der Waals surface area contributed by atoms with Gasteiger partial charge in [0.25, 0.3) is 5.91 Å². The number of hydrogen-bond acceptors (Lipinski definition) is 7. The van der Waals surface area contributed by atoms with E-state index >= 15 is 0 Å². The molecule has 3 aromatic rings. The molecule has 29 heavy (non-hydrogen) atoms. The standard InChI is InChI=1S/C21H19N7O/c22-15-16-3-1-4-18(13-16)26-19-14-17(5-8-23-19)20(29)27-9-11-28(12-10-27)21-24-6-2-7-25-21/h1-8,13-14H,9-12H2,(H,23,26). The van der Waals surface area contributed by atoms with E-state index in [9.17, 15) is 4.79 Å². The molecule has 0 aliphatic carbocycles. The molecule has 0 radical (unpaired) electrons. The van der Waals surface area contributed by atoms with Crippen LogP contribution < -0.4 is 10.2 Å². The van der Waals surface area contributed by atoms with Gasteiger partial charge in [0.2, 0.25) is 5.95 Å². The lowest BCUT2D eigenvalue weighted by atomic mass is 10.2. The normalized spacial score (nSPS) is 13.6. The third kappa shape index (κ3) is 4.30. The summed E-state index contributed by atoms with van der Waals surface area (Å²) in [4.78, 5) is 29.6. The molecule has 144 valence electrons. The van der Waals surface area contributed by atoms with Gasteiger partial charge in [-0.15, -0.1) is 0 Å². The number of nitrogens with one attached hydrogen (secondary N) is 1. The largest absolute Gasteiger partial charge is 0.340 e. The van der Waals surface area contributed by atoms with Crippen molar-refractivity contribution in [2.45, 2.75) is 0 Å². The van der Waals surface area contributed by atoms with Crippen LogP contribution in [0.25, 0.3) is 0 Å². The molecule has 1 amide bonds. The van der Waals surface area contributed by atoms with Crippen molar-refractivity contribution in [1.29, 1.82) is 5.26 Å². The summed E-state index contributed by atoms with van der Waals surface area (Å²) in [5, 5.41) is 12.2. The van der Waals surface area contributed by atoms with Crippen LogP contribution in [-0.4, -0.2) is 51.9 Å². The quantitative estimate of drug-likeness (QED) is 0.736. The molecular formula is C21H19N7O. The Balaban J connectivity index is 1.42. The predicted molar refractivity (Wildman–Crippen MR) is 109 cm³/mol. The smallest absolute Gasteiger partial charge is 0.254 e. The average molecular weight is 385 g/mol. The molecule has 1 aromatic carbocycles. The summed E-state index contributed by atoms with van der Waals surface area (Å²) >= 11 is 0. The number of aromatic nitrogens is 3. The molecule has 4 rings (SSSR count). The summed E-state index contributed by atoms with van der Waals surface area (Å²) in [6, 6.07) is 14.5. The Morgan fingerprint density at radius 3 is 2.52 bits per heavy atom. The second-order valence-corrected chi connectivity index (χ2v) is 6.58. The summed E-state index contributed by atoms with van der Waals surface area (Å²) < 4.78 is 0. The summed E-state index contributed by atoms with van der Waals surface area (Å²) in [6.45, 7) is 2.58. The fourth-order valence-corrected chi connectivity index (χ4v) is 3.19. The maximum absolute atomic E-state index is 12.9. The molecule has 0 bridgehead atoms. The highest BCUT2D eigenvalue weighted by Gasteiger charge is 2.23. The van der Waals surface area contributed by atoms with Gasteiger partial charge in [-0.1, -0.05) is 6.07 Å². The van der Waals surface area contributed by atoms with Gasteiger partial charge in [0.15, 0.2) is 0 Å². The number of nitriles is 1. The number of benzene rings is 1. The van der Waals surface area contributed by atoms with Gasteiger partial charge in [0, 0.05) is 56.0 Å². The molecule has 0 spiro atoms. The van der Waals surface area contributed by atoms with Gasteiger partial charge in [-0.25, -0.2) is 15.0 Å². The van der Waals surface area contributed by atoms with Crippen molar-refractivity contribution in [2.24, 2.45) is 0 Å². The molecule has 1 saturated heterocycles. The van der Waals surface area contributed by atoms with Crippen molar-refractivity contribution in [3.05, 3.63) is 72.2 Å². The molecular weight excluding hydrogens is 366 g/mol. The SMILES string of the molecule is N#Cc1cccc(Nc2cc(C(=O)N3CCN(c4ncccn4)CC3)ccn2)c1. The molecule has 0 saturated carbocycles. The first-order chi connectivity index (χ1) is 14.2. The number of hydrogen-bond donors (Lipinski definition) is 1. The minimum absolute atomic E-state index is 0.0325. The molecule has 0 unspecified atom stereocenters. The Bertz CT molecular complexity index is 1040. The minimum atomic E-state index is -0.0325. The van der Waals surface area contributed by atoms with Crippen LogP contribution >= 0.6 is 0 Å². The Morgan fingerprint density at radius 2 is 1.76 bits per heavy atom. The highest BCUT2D eigenvalue weighted by Crippen LogP contribution is 2.18. The van der Waals surface area contributed by atoms with E-state index in [1.807, 2.05) is 11.0 Å². The number of rotatable bonds is 4. The maximum atomic E-state index is 12.9. The third-order valence-electron chi connectivity index (χ3n) is 4.67. The first-order valence-electron chi connectivity index (χ1n) is 9.27. The number of carbonyl (C=O) groups is 1. The molecule has 1 aliphatic heterocycles. The molecule has 1 N–H and O–H groups in total. The Labute approximate surface area is 168 Å². The van der Waals surface area contributed by atoms with Crippen LogP contribution in [0, 0.1) is 11.3 Å². The Hall–Kier alpha value is -3.99. The molecule has 0 atom stereocenters. The van der Waals surface area contributed by atoms with E-state index < -0.39 is 0 Å². The topological polar surface area (TPSA) is 98.0 Å². The van der Waals surface area contributed by atoms with Crippen LogP contribution in [0.1, 0.15) is 15.9 Å².